The van der Waals surface area contributed by atoms with E-state index in [1.54, 1.807) is 56.9 Å². The van der Waals surface area contributed by atoms with Crippen molar-refractivity contribution in [3.05, 3.63) is 93.0 Å². The number of hydrogen-bond acceptors (Lipinski definition) is 7. The van der Waals surface area contributed by atoms with Crippen LogP contribution < -0.4 is 24.8 Å². The highest BCUT2D eigenvalue weighted by Crippen LogP contribution is 2.47. The smallest absolute Gasteiger partial charge is 0.254 e. The van der Waals surface area contributed by atoms with Gasteiger partial charge in [-0.1, -0.05) is 12.1 Å². The van der Waals surface area contributed by atoms with Crippen LogP contribution in [0.5, 0.6) is 17.2 Å². The molecule has 0 bridgehead atoms. The van der Waals surface area contributed by atoms with E-state index in [1.807, 2.05) is 42.6 Å². The Bertz CT molecular complexity index is 1420. The zero-order valence-corrected chi connectivity index (χ0v) is 22.6. The average Bonchev–Trinajstić information content (AvgIpc) is 3.47. The molecule has 2 atom stereocenters. The van der Waals surface area contributed by atoms with Gasteiger partial charge in [-0.2, -0.15) is 0 Å². The van der Waals surface area contributed by atoms with Crippen molar-refractivity contribution in [3.63, 3.8) is 0 Å². The van der Waals surface area contributed by atoms with E-state index in [4.69, 9.17) is 14.2 Å². The summed E-state index contributed by atoms with van der Waals surface area (Å²) in [6, 6.07) is 16.9. The molecule has 1 aliphatic carbocycles. The highest BCUT2D eigenvalue weighted by molar-refractivity contribution is 7.10. The van der Waals surface area contributed by atoms with Crippen LogP contribution in [0.25, 0.3) is 0 Å². The molecule has 196 valence electrons. The van der Waals surface area contributed by atoms with E-state index in [9.17, 15) is 9.59 Å². The second kappa shape index (κ2) is 10.8. The molecule has 0 saturated heterocycles. The molecule has 5 rings (SSSR count). The number of allylic oxidation sites excluding steroid dienone is 3. The summed E-state index contributed by atoms with van der Waals surface area (Å²) in [5, 5.41) is 8.42. The van der Waals surface area contributed by atoms with Gasteiger partial charge in [0.05, 0.1) is 27.2 Å². The van der Waals surface area contributed by atoms with Crippen molar-refractivity contribution in [1.82, 2.24) is 5.32 Å². The maximum absolute atomic E-state index is 13.8. The second-order valence-corrected chi connectivity index (χ2v) is 10.3. The van der Waals surface area contributed by atoms with Crippen molar-refractivity contribution in [1.29, 1.82) is 0 Å². The SMILES string of the molecule is COc1ccc(NC(=O)C2=C(C)NC3=C(C(=O)CC(c4ccc(OC)c(OC)c4)C3)C2c2cccs2)cc1. The molecule has 1 amide bonds. The molecule has 0 fully saturated rings. The number of Topliss-reactive ketones (excluding diaryl/α,β-unsaturated/α-hetero) is 1. The first kappa shape index (κ1) is 25.6. The Hall–Kier alpha value is -4.04. The fourth-order valence-electron chi connectivity index (χ4n) is 5.30. The molecular weight excluding hydrogens is 500 g/mol. The van der Waals surface area contributed by atoms with Crippen molar-refractivity contribution in [3.8, 4) is 17.2 Å². The largest absolute Gasteiger partial charge is 0.497 e. The molecule has 1 aliphatic heterocycles. The fourth-order valence-corrected chi connectivity index (χ4v) is 6.14. The first-order chi connectivity index (χ1) is 18.4. The monoisotopic (exact) mass is 530 g/mol. The van der Waals surface area contributed by atoms with Crippen LogP contribution in [0.15, 0.2) is 82.5 Å². The topological polar surface area (TPSA) is 85.9 Å². The number of methoxy groups -OCH3 is 3. The third-order valence-corrected chi connectivity index (χ3v) is 8.06. The molecule has 0 radical (unpaired) electrons. The maximum atomic E-state index is 13.8. The summed E-state index contributed by atoms with van der Waals surface area (Å²) in [5.41, 5.74) is 4.52. The predicted molar refractivity (Wildman–Crippen MR) is 148 cm³/mol. The number of nitrogens with one attached hydrogen (secondary N) is 2. The van der Waals surface area contributed by atoms with E-state index in [0.717, 1.165) is 21.8 Å². The number of carbonyl (C=O) groups excluding carboxylic acids is 2. The van der Waals surface area contributed by atoms with E-state index in [1.165, 1.54) is 0 Å². The Morgan fingerprint density at radius 1 is 0.974 bits per heavy atom. The van der Waals surface area contributed by atoms with Gasteiger partial charge < -0.3 is 24.8 Å². The lowest BCUT2D eigenvalue weighted by Gasteiger charge is -2.36. The number of amides is 1. The fraction of sp³-hybridized carbons (Fsp3) is 0.267. The van der Waals surface area contributed by atoms with Crippen LogP contribution in [0, 0.1) is 0 Å². The van der Waals surface area contributed by atoms with Crippen molar-refractivity contribution in [2.75, 3.05) is 26.6 Å². The standard InChI is InChI=1S/C30H30N2O5S/c1-17-27(30(34)32-20-8-10-21(35-2)11-9-20)29(26-6-5-13-38-26)28-22(31-17)14-19(15-23(28)33)18-7-12-24(36-3)25(16-18)37-4/h5-13,16,19,29,31H,14-15H2,1-4H3,(H,32,34). The summed E-state index contributed by atoms with van der Waals surface area (Å²) in [7, 11) is 4.81. The highest BCUT2D eigenvalue weighted by Gasteiger charge is 2.41. The Kier molecular flexibility index (Phi) is 7.24. The Morgan fingerprint density at radius 3 is 2.39 bits per heavy atom. The van der Waals surface area contributed by atoms with Crippen LogP contribution in [-0.4, -0.2) is 33.0 Å². The van der Waals surface area contributed by atoms with Gasteiger partial charge in [-0.3, -0.25) is 9.59 Å². The van der Waals surface area contributed by atoms with Crippen LogP contribution in [0.1, 0.15) is 42.0 Å². The van der Waals surface area contributed by atoms with Gasteiger partial charge >= 0.3 is 0 Å². The molecular formula is C30H30N2O5S. The van der Waals surface area contributed by atoms with Gasteiger partial charge in [0.15, 0.2) is 17.3 Å². The number of dihydropyridines is 1. The normalized spacial score (nSPS) is 19.0. The summed E-state index contributed by atoms with van der Waals surface area (Å²) in [6.07, 6.45) is 1.01. The predicted octanol–water partition coefficient (Wildman–Crippen LogP) is 5.77. The molecule has 2 aliphatic rings. The molecule has 7 nitrogen and oxygen atoms in total. The van der Waals surface area contributed by atoms with Crippen molar-refractivity contribution < 1.29 is 23.8 Å². The van der Waals surface area contributed by atoms with Gasteiger partial charge in [0.2, 0.25) is 0 Å². The molecule has 8 heteroatoms. The lowest BCUT2D eigenvalue weighted by molar-refractivity contribution is -0.116. The summed E-state index contributed by atoms with van der Waals surface area (Å²) >= 11 is 1.55. The molecule has 0 saturated carbocycles. The number of carbonyl (C=O) groups is 2. The first-order valence-electron chi connectivity index (χ1n) is 12.4. The number of thiophene rings is 1. The van der Waals surface area contributed by atoms with Crippen LogP contribution in [0.4, 0.5) is 5.69 Å². The van der Waals surface area contributed by atoms with Gasteiger partial charge in [0.25, 0.3) is 5.91 Å². The van der Waals surface area contributed by atoms with Gasteiger partial charge in [0, 0.05) is 39.5 Å². The zero-order valence-electron chi connectivity index (χ0n) is 21.8. The first-order valence-corrected chi connectivity index (χ1v) is 13.3. The van der Waals surface area contributed by atoms with Crippen molar-refractivity contribution in [2.24, 2.45) is 0 Å². The lowest BCUT2D eigenvalue weighted by atomic mass is 9.73. The number of benzene rings is 2. The second-order valence-electron chi connectivity index (χ2n) is 9.33. The molecule has 3 aromatic rings. The summed E-state index contributed by atoms with van der Waals surface area (Å²) in [4.78, 5) is 28.4. The van der Waals surface area contributed by atoms with Crippen LogP contribution >= 0.6 is 11.3 Å². The van der Waals surface area contributed by atoms with Gasteiger partial charge in [0.1, 0.15) is 5.75 Å². The molecule has 2 aromatic carbocycles. The van der Waals surface area contributed by atoms with Gasteiger partial charge in [-0.05, 0) is 72.7 Å². The molecule has 2 N–H and O–H groups in total. The number of ketones is 1. The molecule has 1 aromatic heterocycles. The minimum Gasteiger partial charge on any atom is -0.497 e. The quantitative estimate of drug-likeness (QED) is 0.403. The lowest BCUT2D eigenvalue weighted by Crippen LogP contribution is -2.36. The van der Waals surface area contributed by atoms with E-state index in [0.29, 0.717) is 46.9 Å². The van der Waals surface area contributed by atoms with E-state index in [-0.39, 0.29) is 17.6 Å². The van der Waals surface area contributed by atoms with Crippen LogP contribution in [-0.2, 0) is 9.59 Å². The van der Waals surface area contributed by atoms with Crippen LogP contribution in [0.3, 0.4) is 0 Å². The number of rotatable bonds is 7. The minimum atomic E-state index is -0.427. The third kappa shape index (κ3) is 4.79. The van der Waals surface area contributed by atoms with E-state index in [2.05, 4.69) is 10.6 Å². The van der Waals surface area contributed by atoms with Crippen molar-refractivity contribution >= 4 is 28.7 Å². The average molecular weight is 531 g/mol. The Labute approximate surface area is 226 Å². The number of hydrogen-bond donors (Lipinski definition) is 2. The molecule has 38 heavy (non-hydrogen) atoms. The highest BCUT2D eigenvalue weighted by atomic mass is 32.1. The summed E-state index contributed by atoms with van der Waals surface area (Å²) in [5.74, 6) is 1.36. The summed E-state index contributed by atoms with van der Waals surface area (Å²) < 4.78 is 16.1. The van der Waals surface area contributed by atoms with E-state index >= 15 is 0 Å². The summed E-state index contributed by atoms with van der Waals surface area (Å²) in [6.45, 7) is 1.90. The van der Waals surface area contributed by atoms with Gasteiger partial charge in [-0.25, -0.2) is 0 Å². The van der Waals surface area contributed by atoms with E-state index < -0.39 is 5.92 Å². The molecule has 2 heterocycles. The maximum Gasteiger partial charge on any atom is 0.254 e. The molecule has 2 unspecified atom stereocenters. The number of anilines is 1. The minimum absolute atomic E-state index is 0.0139. The zero-order chi connectivity index (χ0) is 26.8. The molecule has 0 spiro atoms. The number of ether oxygens (including phenoxy) is 3. The van der Waals surface area contributed by atoms with Crippen LogP contribution in [0.2, 0.25) is 0 Å². The van der Waals surface area contributed by atoms with Gasteiger partial charge in [-0.15, -0.1) is 11.3 Å². The Balaban J connectivity index is 1.48. The Morgan fingerprint density at radius 2 is 1.74 bits per heavy atom. The third-order valence-electron chi connectivity index (χ3n) is 7.13. The van der Waals surface area contributed by atoms with Crippen molar-refractivity contribution in [2.45, 2.75) is 31.6 Å².